The summed E-state index contributed by atoms with van der Waals surface area (Å²) >= 11 is 0. The summed E-state index contributed by atoms with van der Waals surface area (Å²) in [6.07, 6.45) is 12.3. The predicted octanol–water partition coefficient (Wildman–Crippen LogP) is 5.06. The van der Waals surface area contributed by atoms with Crippen molar-refractivity contribution in [2.75, 3.05) is 57.3 Å². The van der Waals surface area contributed by atoms with Gasteiger partial charge in [0.15, 0.2) is 11.6 Å². The van der Waals surface area contributed by atoms with E-state index in [9.17, 15) is 17.6 Å². The van der Waals surface area contributed by atoms with E-state index in [0.29, 0.717) is 37.1 Å². The van der Waals surface area contributed by atoms with Gasteiger partial charge in [-0.3, -0.25) is 4.79 Å². The quantitative estimate of drug-likeness (QED) is 0.350. The Bertz CT molecular complexity index is 1510. The summed E-state index contributed by atoms with van der Waals surface area (Å²) < 4.78 is 50.8. The molecule has 1 saturated carbocycles. The first-order chi connectivity index (χ1) is 23.1. The number of aromatic nitrogens is 2. The van der Waals surface area contributed by atoms with E-state index in [-0.39, 0.29) is 34.7 Å². The van der Waals surface area contributed by atoms with Gasteiger partial charge in [-0.25, -0.2) is 14.4 Å². The van der Waals surface area contributed by atoms with Crippen molar-refractivity contribution in [3.05, 3.63) is 42.1 Å². The molecule has 1 aromatic carbocycles. The Balaban J connectivity index is 0.992. The van der Waals surface area contributed by atoms with E-state index < -0.39 is 16.0 Å². The van der Waals surface area contributed by atoms with Gasteiger partial charge in [-0.1, -0.05) is 6.42 Å². The van der Waals surface area contributed by atoms with Gasteiger partial charge in [0.1, 0.15) is 17.9 Å². The highest BCUT2D eigenvalue weighted by molar-refractivity contribution is 7.87. The van der Waals surface area contributed by atoms with Crippen LogP contribution in [0.25, 0.3) is 0 Å². The number of carbonyl (C=O) groups excluding carboxylic acids is 1. The number of likely N-dealkylation sites (tertiary alicyclic amines) is 1. The van der Waals surface area contributed by atoms with E-state index in [4.69, 9.17) is 4.74 Å². The average molecular weight is 686 g/mol. The largest absolute Gasteiger partial charge is 0.451 e. The Kier molecular flexibility index (Phi) is 10.9. The second kappa shape index (κ2) is 14.9. The fourth-order valence-corrected chi connectivity index (χ4v) is 9.60. The molecule has 4 aliphatic rings. The van der Waals surface area contributed by atoms with Gasteiger partial charge in [0.2, 0.25) is 0 Å². The number of anilines is 1. The maximum absolute atomic E-state index is 14.3. The highest BCUT2D eigenvalue weighted by Gasteiger charge is 2.46. The third kappa shape index (κ3) is 7.95. The SMILES string of the molecule is CCN(C(=O)c1cc(F)ccc1Oc1cncnc1N1CC2(CCN(C[C@H]3CC[C@H](NS(=O)(=O)N4CCCCC4)CC3)CC2)C1)C(C)C. The van der Waals surface area contributed by atoms with Gasteiger partial charge in [0.25, 0.3) is 16.1 Å². The van der Waals surface area contributed by atoms with Crippen molar-refractivity contribution in [1.29, 1.82) is 0 Å². The van der Waals surface area contributed by atoms with Gasteiger partial charge in [-0.2, -0.15) is 17.4 Å². The molecule has 1 aliphatic carbocycles. The zero-order valence-electron chi connectivity index (χ0n) is 28.7. The first-order valence-electron chi connectivity index (χ1n) is 17.9. The molecule has 0 bridgehead atoms. The number of amides is 1. The molecule has 2 aromatic rings. The second-order valence-electron chi connectivity index (χ2n) is 14.6. The molecular formula is C35H52FN7O4S. The molecule has 3 aliphatic heterocycles. The van der Waals surface area contributed by atoms with Crippen molar-refractivity contribution < 1.29 is 22.3 Å². The Morgan fingerprint density at radius 2 is 1.77 bits per heavy atom. The molecule has 0 unspecified atom stereocenters. The summed E-state index contributed by atoms with van der Waals surface area (Å²) in [6.45, 7) is 12.5. The van der Waals surface area contributed by atoms with Crippen LogP contribution in [0.5, 0.6) is 11.5 Å². The van der Waals surface area contributed by atoms with Gasteiger partial charge < -0.3 is 19.4 Å². The fourth-order valence-electron chi connectivity index (χ4n) is 8.05. The summed E-state index contributed by atoms with van der Waals surface area (Å²) in [4.78, 5) is 28.6. The van der Waals surface area contributed by atoms with Gasteiger partial charge in [-0.15, -0.1) is 0 Å². The van der Waals surface area contributed by atoms with Gasteiger partial charge in [0, 0.05) is 56.8 Å². The Morgan fingerprint density at radius 3 is 2.44 bits per heavy atom. The molecule has 0 radical (unpaired) electrons. The first-order valence-corrected chi connectivity index (χ1v) is 19.3. The molecule has 3 saturated heterocycles. The Morgan fingerprint density at radius 1 is 1.06 bits per heavy atom. The number of halogens is 1. The summed E-state index contributed by atoms with van der Waals surface area (Å²) in [6, 6.07) is 4.06. The van der Waals surface area contributed by atoms with Crippen LogP contribution in [0, 0.1) is 17.2 Å². The second-order valence-corrected chi connectivity index (χ2v) is 16.3. The van der Waals surface area contributed by atoms with Crippen LogP contribution in [0.15, 0.2) is 30.7 Å². The normalized spacial score (nSPS) is 23.6. The summed E-state index contributed by atoms with van der Waals surface area (Å²) in [5.74, 6) is 1.27. The summed E-state index contributed by atoms with van der Waals surface area (Å²) in [5.41, 5.74) is 0.416. The van der Waals surface area contributed by atoms with E-state index >= 15 is 0 Å². The molecule has 0 atom stereocenters. The maximum Gasteiger partial charge on any atom is 0.279 e. The van der Waals surface area contributed by atoms with E-state index in [1.165, 1.54) is 24.5 Å². The minimum absolute atomic E-state index is 0.0365. The third-order valence-corrected chi connectivity index (χ3v) is 12.6. The number of piperidine rings is 2. The Hall–Kier alpha value is -2.87. The van der Waals surface area contributed by atoms with E-state index in [0.717, 1.165) is 90.5 Å². The van der Waals surface area contributed by atoms with Crippen molar-refractivity contribution in [2.45, 2.75) is 90.6 Å². The zero-order valence-corrected chi connectivity index (χ0v) is 29.6. The van der Waals surface area contributed by atoms with Gasteiger partial charge in [0.05, 0.1) is 11.8 Å². The molecule has 4 fully saturated rings. The molecule has 6 rings (SSSR count). The van der Waals surface area contributed by atoms with Crippen molar-refractivity contribution in [3.63, 3.8) is 0 Å². The molecule has 1 amide bonds. The molecule has 48 heavy (non-hydrogen) atoms. The van der Waals surface area contributed by atoms with Gasteiger partial charge >= 0.3 is 0 Å². The minimum atomic E-state index is -3.37. The number of rotatable bonds is 11. The van der Waals surface area contributed by atoms with Crippen LogP contribution in [0.3, 0.4) is 0 Å². The molecule has 1 aromatic heterocycles. The van der Waals surface area contributed by atoms with E-state index in [1.807, 2.05) is 20.8 Å². The van der Waals surface area contributed by atoms with Crippen LogP contribution >= 0.6 is 0 Å². The smallest absolute Gasteiger partial charge is 0.279 e. The molecule has 11 nitrogen and oxygen atoms in total. The van der Waals surface area contributed by atoms with Gasteiger partial charge in [-0.05, 0) is 109 Å². The minimum Gasteiger partial charge on any atom is -0.451 e. The average Bonchev–Trinajstić information content (AvgIpc) is 3.06. The number of hydrogen-bond acceptors (Lipinski definition) is 8. The summed E-state index contributed by atoms with van der Waals surface area (Å²) in [5, 5.41) is 0. The highest BCUT2D eigenvalue weighted by Crippen LogP contribution is 2.45. The van der Waals surface area contributed by atoms with Crippen LogP contribution < -0.4 is 14.4 Å². The molecule has 1 N–H and O–H groups in total. The summed E-state index contributed by atoms with van der Waals surface area (Å²) in [7, 11) is -3.37. The number of nitrogens with one attached hydrogen (secondary N) is 1. The lowest BCUT2D eigenvalue weighted by atomic mass is 9.71. The maximum atomic E-state index is 14.3. The van der Waals surface area contributed by atoms with Crippen molar-refractivity contribution in [1.82, 2.24) is 28.8 Å². The lowest BCUT2D eigenvalue weighted by molar-refractivity contribution is 0.0617. The Labute approximate surface area is 285 Å². The highest BCUT2D eigenvalue weighted by atomic mass is 32.2. The van der Waals surface area contributed by atoms with Crippen LogP contribution in [-0.4, -0.2) is 103 Å². The monoisotopic (exact) mass is 685 g/mol. The number of carbonyl (C=O) groups is 1. The lowest BCUT2D eigenvalue weighted by Gasteiger charge is -2.54. The number of benzene rings is 1. The van der Waals surface area contributed by atoms with E-state index in [2.05, 4.69) is 24.5 Å². The first kappa shape index (κ1) is 35.0. The van der Waals surface area contributed by atoms with Crippen LogP contribution in [0.2, 0.25) is 0 Å². The van der Waals surface area contributed by atoms with Crippen LogP contribution in [-0.2, 0) is 10.2 Å². The molecule has 264 valence electrons. The standard InChI is InChI=1S/C35H52FN7O4S/c1-4-43(26(2)3)34(44)30-20-28(36)10-13-31(30)47-32-21-37-25-38-33(32)41-23-35(24-41)14-18-40(19-15-35)22-27-8-11-29(12-9-27)39-48(45,46)42-16-6-5-7-17-42/h10,13,20-21,25-27,29,39H,4-9,11-12,14-19,22-24H2,1-3H3/t27-,29-. The van der Waals surface area contributed by atoms with Crippen LogP contribution in [0.4, 0.5) is 10.2 Å². The van der Waals surface area contributed by atoms with E-state index in [1.54, 1.807) is 15.4 Å². The molecular weight excluding hydrogens is 633 g/mol. The topological polar surface area (TPSA) is 111 Å². The zero-order chi connectivity index (χ0) is 33.9. The van der Waals surface area contributed by atoms with Crippen molar-refractivity contribution in [2.24, 2.45) is 11.3 Å². The number of ether oxygens (including phenoxy) is 1. The predicted molar refractivity (Wildman–Crippen MR) is 184 cm³/mol. The number of hydrogen-bond donors (Lipinski definition) is 1. The molecule has 13 heteroatoms. The van der Waals surface area contributed by atoms with Crippen molar-refractivity contribution in [3.8, 4) is 11.5 Å². The number of nitrogens with zero attached hydrogens (tertiary/aromatic N) is 6. The third-order valence-electron chi connectivity index (χ3n) is 10.9. The lowest BCUT2D eigenvalue weighted by Crippen LogP contribution is -2.61. The molecule has 1 spiro atoms. The molecule has 4 heterocycles. The van der Waals surface area contributed by atoms with Crippen molar-refractivity contribution >= 4 is 21.9 Å². The fraction of sp³-hybridized carbons (Fsp3) is 0.686. The van der Waals surface area contributed by atoms with Crippen LogP contribution in [0.1, 0.15) is 88.9 Å².